The number of piperidine rings is 1. The van der Waals surface area contributed by atoms with Crippen molar-refractivity contribution in [3.8, 4) is 0 Å². The molecular formula is C13H15F3N2O. The first-order valence-corrected chi connectivity index (χ1v) is 6.09. The van der Waals surface area contributed by atoms with Gasteiger partial charge in [-0.25, -0.2) is 0 Å². The van der Waals surface area contributed by atoms with Crippen molar-refractivity contribution in [3.63, 3.8) is 0 Å². The molecule has 0 saturated carbocycles. The van der Waals surface area contributed by atoms with Crippen molar-refractivity contribution in [1.82, 2.24) is 0 Å². The van der Waals surface area contributed by atoms with Crippen LogP contribution in [-0.2, 0) is 11.0 Å². The van der Waals surface area contributed by atoms with E-state index in [-0.39, 0.29) is 5.92 Å². The maximum absolute atomic E-state index is 12.6. The number of alkyl halides is 3. The van der Waals surface area contributed by atoms with E-state index in [1.165, 1.54) is 6.07 Å². The Kier molecular flexibility index (Phi) is 3.68. The summed E-state index contributed by atoms with van der Waals surface area (Å²) in [4.78, 5) is 13.0. The highest BCUT2D eigenvalue weighted by molar-refractivity contribution is 5.77. The van der Waals surface area contributed by atoms with Crippen LogP contribution in [0.2, 0.25) is 0 Å². The molecule has 1 aliphatic rings. The summed E-state index contributed by atoms with van der Waals surface area (Å²) in [6.07, 6.45) is -2.90. The Bertz CT molecular complexity index is 473. The summed E-state index contributed by atoms with van der Waals surface area (Å²) in [5.41, 5.74) is 5.07. The molecule has 1 unspecified atom stereocenters. The number of halogens is 3. The molecule has 2 N–H and O–H groups in total. The van der Waals surface area contributed by atoms with E-state index < -0.39 is 17.6 Å². The van der Waals surface area contributed by atoms with Crippen molar-refractivity contribution in [2.24, 2.45) is 11.7 Å². The van der Waals surface area contributed by atoms with Crippen LogP contribution in [0, 0.1) is 5.92 Å². The first-order chi connectivity index (χ1) is 8.88. The number of nitrogens with two attached hydrogens (primary N) is 1. The number of carbonyl (C=O) groups is 1. The molecule has 1 aromatic carbocycles. The first-order valence-electron chi connectivity index (χ1n) is 6.09. The van der Waals surface area contributed by atoms with E-state index in [9.17, 15) is 18.0 Å². The summed E-state index contributed by atoms with van der Waals surface area (Å²) >= 11 is 0. The number of hydrogen-bond acceptors (Lipinski definition) is 2. The van der Waals surface area contributed by atoms with Gasteiger partial charge in [-0.1, -0.05) is 6.07 Å². The number of hydrogen-bond donors (Lipinski definition) is 1. The molecule has 1 aliphatic heterocycles. The third kappa shape index (κ3) is 3.19. The standard InChI is InChI=1S/C13H15F3N2O/c14-13(15,16)10-4-1-5-11(7-10)18-6-2-3-9(8-18)12(17)19/h1,4-5,7,9H,2-3,6,8H2,(H2,17,19). The molecule has 3 nitrogen and oxygen atoms in total. The molecule has 1 heterocycles. The number of anilines is 1. The van der Waals surface area contributed by atoms with E-state index in [2.05, 4.69) is 0 Å². The fourth-order valence-corrected chi connectivity index (χ4v) is 2.32. The topological polar surface area (TPSA) is 46.3 Å². The van der Waals surface area contributed by atoms with Gasteiger partial charge in [-0.15, -0.1) is 0 Å². The highest BCUT2D eigenvalue weighted by Crippen LogP contribution is 2.32. The van der Waals surface area contributed by atoms with Gasteiger partial charge in [-0.05, 0) is 31.0 Å². The third-order valence-corrected chi connectivity index (χ3v) is 3.36. The van der Waals surface area contributed by atoms with Crippen molar-refractivity contribution >= 4 is 11.6 Å². The molecule has 104 valence electrons. The maximum atomic E-state index is 12.6. The van der Waals surface area contributed by atoms with E-state index in [1.807, 2.05) is 0 Å². The molecule has 1 fully saturated rings. The Balaban J connectivity index is 2.20. The zero-order chi connectivity index (χ0) is 14.0. The lowest BCUT2D eigenvalue weighted by Gasteiger charge is -2.33. The quantitative estimate of drug-likeness (QED) is 0.898. The molecular weight excluding hydrogens is 257 g/mol. The van der Waals surface area contributed by atoms with Crippen LogP contribution >= 0.6 is 0 Å². The molecule has 0 spiro atoms. The SMILES string of the molecule is NC(=O)C1CCCN(c2cccc(C(F)(F)F)c2)C1. The number of amides is 1. The number of rotatable bonds is 2. The summed E-state index contributed by atoms with van der Waals surface area (Å²) < 4.78 is 37.9. The van der Waals surface area contributed by atoms with Crippen LogP contribution in [0.25, 0.3) is 0 Å². The number of carbonyl (C=O) groups excluding carboxylic acids is 1. The summed E-state index contributed by atoms with van der Waals surface area (Å²) in [7, 11) is 0. The van der Waals surface area contributed by atoms with Gasteiger partial charge in [0, 0.05) is 18.8 Å². The van der Waals surface area contributed by atoms with Crippen molar-refractivity contribution in [3.05, 3.63) is 29.8 Å². The van der Waals surface area contributed by atoms with E-state index in [1.54, 1.807) is 11.0 Å². The molecule has 2 rings (SSSR count). The van der Waals surface area contributed by atoms with Gasteiger partial charge in [0.2, 0.25) is 5.91 Å². The molecule has 0 bridgehead atoms. The number of benzene rings is 1. The van der Waals surface area contributed by atoms with Crippen LogP contribution in [0.3, 0.4) is 0 Å². The lowest BCUT2D eigenvalue weighted by molar-refractivity contribution is -0.137. The van der Waals surface area contributed by atoms with Crippen LogP contribution < -0.4 is 10.6 Å². The molecule has 19 heavy (non-hydrogen) atoms. The Morgan fingerprint density at radius 1 is 1.37 bits per heavy atom. The highest BCUT2D eigenvalue weighted by atomic mass is 19.4. The Morgan fingerprint density at radius 2 is 2.11 bits per heavy atom. The van der Waals surface area contributed by atoms with Crippen LogP contribution in [0.5, 0.6) is 0 Å². The van der Waals surface area contributed by atoms with Crippen LogP contribution in [-0.4, -0.2) is 19.0 Å². The van der Waals surface area contributed by atoms with Crippen molar-refractivity contribution < 1.29 is 18.0 Å². The summed E-state index contributed by atoms with van der Waals surface area (Å²) in [6.45, 7) is 1.03. The Hall–Kier alpha value is -1.72. The normalized spacial score (nSPS) is 20.4. The largest absolute Gasteiger partial charge is 0.416 e. The second-order valence-electron chi connectivity index (χ2n) is 4.74. The van der Waals surface area contributed by atoms with E-state index in [0.29, 0.717) is 25.2 Å². The fourth-order valence-electron chi connectivity index (χ4n) is 2.32. The molecule has 0 radical (unpaired) electrons. The zero-order valence-electron chi connectivity index (χ0n) is 10.3. The molecule has 1 atom stereocenters. The van der Waals surface area contributed by atoms with E-state index >= 15 is 0 Å². The highest BCUT2D eigenvalue weighted by Gasteiger charge is 2.31. The van der Waals surface area contributed by atoms with Crippen LogP contribution in [0.1, 0.15) is 18.4 Å². The Morgan fingerprint density at radius 3 is 2.74 bits per heavy atom. The van der Waals surface area contributed by atoms with Gasteiger partial charge in [0.15, 0.2) is 0 Å². The minimum Gasteiger partial charge on any atom is -0.371 e. The molecule has 1 saturated heterocycles. The monoisotopic (exact) mass is 272 g/mol. The van der Waals surface area contributed by atoms with Gasteiger partial charge in [0.25, 0.3) is 0 Å². The van der Waals surface area contributed by atoms with E-state index in [0.717, 1.165) is 18.6 Å². The minimum atomic E-state index is -4.35. The fraction of sp³-hybridized carbons (Fsp3) is 0.462. The predicted octanol–water partition coefficient (Wildman–Crippen LogP) is 2.41. The van der Waals surface area contributed by atoms with Gasteiger partial charge < -0.3 is 10.6 Å². The first kappa shape index (κ1) is 13.7. The van der Waals surface area contributed by atoms with E-state index in [4.69, 9.17) is 5.73 Å². The minimum absolute atomic E-state index is 0.289. The number of primary amides is 1. The summed E-state index contributed by atoms with van der Waals surface area (Å²) in [5, 5.41) is 0. The van der Waals surface area contributed by atoms with Crippen LogP contribution in [0.15, 0.2) is 24.3 Å². The Labute approximate surface area is 109 Å². The van der Waals surface area contributed by atoms with Gasteiger partial charge in [0.1, 0.15) is 0 Å². The third-order valence-electron chi connectivity index (χ3n) is 3.36. The molecule has 1 aromatic rings. The van der Waals surface area contributed by atoms with Crippen molar-refractivity contribution in [2.45, 2.75) is 19.0 Å². The van der Waals surface area contributed by atoms with Crippen molar-refractivity contribution in [1.29, 1.82) is 0 Å². The average Bonchev–Trinajstić information content (AvgIpc) is 2.38. The molecule has 6 heteroatoms. The zero-order valence-corrected chi connectivity index (χ0v) is 10.3. The average molecular weight is 272 g/mol. The molecule has 1 amide bonds. The van der Waals surface area contributed by atoms with Gasteiger partial charge in [-0.2, -0.15) is 13.2 Å². The maximum Gasteiger partial charge on any atom is 0.416 e. The van der Waals surface area contributed by atoms with Gasteiger partial charge >= 0.3 is 6.18 Å². The lowest BCUT2D eigenvalue weighted by Crippen LogP contribution is -2.41. The molecule has 0 aromatic heterocycles. The predicted molar refractivity (Wildman–Crippen MR) is 65.6 cm³/mol. The second-order valence-corrected chi connectivity index (χ2v) is 4.74. The lowest BCUT2D eigenvalue weighted by atomic mass is 9.97. The summed E-state index contributed by atoms with van der Waals surface area (Å²) in [6, 6.07) is 5.16. The van der Waals surface area contributed by atoms with Gasteiger partial charge in [-0.3, -0.25) is 4.79 Å². The summed E-state index contributed by atoms with van der Waals surface area (Å²) in [5.74, 6) is -0.681. The van der Waals surface area contributed by atoms with Gasteiger partial charge in [0.05, 0.1) is 11.5 Å². The van der Waals surface area contributed by atoms with Crippen LogP contribution in [0.4, 0.5) is 18.9 Å². The van der Waals surface area contributed by atoms with Crippen molar-refractivity contribution in [2.75, 3.05) is 18.0 Å². The second kappa shape index (κ2) is 5.11. The number of nitrogens with zero attached hydrogens (tertiary/aromatic N) is 1. The smallest absolute Gasteiger partial charge is 0.371 e. The molecule has 0 aliphatic carbocycles.